The Labute approximate surface area is 149 Å². The highest BCUT2D eigenvalue weighted by atomic mass is 16.5. The summed E-state index contributed by atoms with van der Waals surface area (Å²) in [6.45, 7) is -3.85. The number of hydrogen-bond acceptors (Lipinski definition) is 3. The molecule has 0 aliphatic carbocycles. The first-order valence-electron chi connectivity index (χ1n) is 14.9. The molecule has 21 heavy (non-hydrogen) atoms. The molecule has 1 unspecified atom stereocenters. The third-order valence-electron chi connectivity index (χ3n) is 2.93. The van der Waals surface area contributed by atoms with Gasteiger partial charge < -0.3 is 14.6 Å². The molecule has 110 valence electrons. The second kappa shape index (κ2) is 4.88. The fourth-order valence-electron chi connectivity index (χ4n) is 1.94. The van der Waals surface area contributed by atoms with Gasteiger partial charge in [-0.25, -0.2) is 4.79 Å². The second-order valence-electron chi connectivity index (χ2n) is 4.20. The van der Waals surface area contributed by atoms with Crippen molar-refractivity contribution < 1.29 is 34.2 Å². The zero-order valence-electron chi connectivity index (χ0n) is 28.3. The first kappa shape index (κ1) is 3.93. The Bertz CT molecular complexity index is 1370. The van der Waals surface area contributed by atoms with Crippen LogP contribution in [-0.4, -0.2) is 40.9 Å². The predicted octanol–water partition coefficient (Wildman–Crippen LogP) is 2.95. The van der Waals surface area contributed by atoms with E-state index in [1.54, 1.807) is 0 Å². The monoisotopic (exact) mass is 302 g/mol. The predicted molar refractivity (Wildman–Crippen MR) is 81.3 cm³/mol. The third-order valence-corrected chi connectivity index (χ3v) is 2.93. The van der Waals surface area contributed by atoms with Crippen molar-refractivity contribution >= 4 is 16.9 Å². The summed E-state index contributed by atoms with van der Waals surface area (Å²) in [5.74, 6) is -1.89. The van der Waals surface area contributed by atoms with E-state index in [2.05, 4.69) is 4.98 Å². The van der Waals surface area contributed by atoms with Crippen LogP contribution in [0.1, 0.15) is 60.5 Å². The number of hydrogen-bond donors (Lipinski definition) is 1. The lowest BCUT2D eigenvalue weighted by Gasteiger charge is -2.35. The zero-order chi connectivity index (χ0) is 30.3. The molecule has 0 spiro atoms. The average molecular weight is 302 g/mol. The third kappa shape index (κ3) is 2.14. The largest absolute Gasteiger partial charge is 0.459 e. The van der Waals surface area contributed by atoms with E-state index in [-0.39, 0.29) is 5.52 Å². The lowest BCUT2D eigenvalue weighted by Crippen LogP contribution is -2.43. The van der Waals surface area contributed by atoms with Crippen molar-refractivity contribution in [3.8, 4) is 0 Å². The van der Waals surface area contributed by atoms with E-state index < -0.39 is 96.7 Å². The minimum Gasteiger partial charge on any atom is -0.459 e. The number of carbonyl (C=O) groups is 1. The van der Waals surface area contributed by atoms with Crippen LogP contribution in [0.25, 0.3) is 10.9 Å². The number of nitrogens with one attached hydrogen (secondary N) is 1. The normalized spacial score (nSPS) is 62.1. The Hall–Kier alpha value is -1.81. The van der Waals surface area contributed by atoms with Gasteiger partial charge in [0.15, 0.2) is 0 Å². The van der Waals surface area contributed by atoms with Gasteiger partial charge in [-0.3, -0.25) is 0 Å². The van der Waals surface area contributed by atoms with E-state index in [0.29, 0.717) is 0 Å². The van der Waals surface area contributed by atoms with E-state index >= 15 is 0 Å². The van der Waals surface area contributed by atoms with Crippen LogP contribution in [0.2, 0.25) is 0 Å². The molecule has 2 aliphatic rings. The summed E-state index contributed by atoms with van der Waals surface area (Å²) >= 11 is 0. The molecule has 3 heterocycles. The molecule has 3 atom stereocenters. The number of carbonyl (C=O) groups excluding carboxylic acids is 1. The molecule has 2 aromatic rings. The standard InChI is InChI=1S/C17H20N2O2/c1-19-11-6-7-12(19)9-13(8-11)21-17(20)15-10-18-16-5-3-2-4-14(15)16/h2-5,10-13,18H,6-9H2,1H3/t11-,12+,13?/i1D3,2D,3D,4D,6D2,7D2,8D2,9D2,10D,11D,12D,13D. The topological polar surface area (TPSA) is 45.3 Å². The van der Waals surface area contributed by atoms with Crippen LogP contribution in [-0.2, 0) is 4.74 Å². The Kier molecular flexibility index (Phi) is 0.913. The molecule has 4 rings (SSSR count). The first-order chi connectivity index (χ1) is 17.2. The second-order valence-corrected chi connectivity index (χ2v) is 4.20. The Morgan fingerprint density at radius 3 is 3.10 bits per heavy atom. The van der Waals surface area contributed by atoms with Gasteiger partial charge in [-0.15, -0.1) is 0 Å². The lowest BCUT2D eigenvalue weighted by molar-refractivity contribution is -0.000258. The fourth-order valence-corrected chi connectivity index (χ4v) is 1.94. The molecule has 2 bridgehead atoms. The number of rotatable bonds is 2. The minimum atomic E-state index is -4.21. The van der Waals surface area contributed by atoms with E-state index in [1.807, 2.05) is 0 Å². The number of benzene rings is 1. The van der Waals surface area contributed by atoms with Crippen molar-refractivity contribution in [3.63, 3.8) is 0 Å². The Balaban J connectivity index is 2.02. The van der Waals surface area contributed by atoms with Gasteiger partial charge in [0.05, 0.1) is 12.4 Å². The molecule has 2 fully saturated rings. The van der Waals surface area contributed by atoms with Crippen molar-refractivity contribution in [3.05, 3.63) is 35.9 Å². The van der Waals surface area contributed by atoms with Crippen molar-refractivity contribution in [2.75, 3.05) is 6.98 Å². The average Bonchev–Trinajstić information content (AvgIpc) is 3.14. The highest BCUT2D eigenvalue weighted by Gasteiger charge is 2.40. The van der Waals surface area contributed by atoms with Crippen molar-refractivity contribution in [1.29, 1.82) is 0 Å². The van der Waals surface area contributed by atoms with Crippen LogP contribution in [0, 0.1) is 0 Å². The summed E-state index contributed by atoms with van der Waals surface area (Å²) in [7, 11) is 0. The summed E-state index contributed by atoms with van der Waals surface area (Å²) in [5, 5.41) is -0.495. The van der Waals surface area contributed by atoms with Crippen LogP contribution < -0.4 is 0 Å². The molecule has 4 nitrogen and oxygen atoms in total. The quantitative estimate of drug-likeness (QED) is 0.868. The van der Waals surface area contributed by atoms with Crippen LogP contribution in [0.15, 0.2) is 30.4 Å². The molecule has 4 heteroatoms. The van der Waals surface area contributed by atoms with Crippen molar-refractivity contribution in [2.45, 2.75) is 43.6 Å². The number of fused-ring (bicyclic) bond motifs is 3. The highest BCUT2D eigenvalue weighted by molar-refractivity contribution is 6.04. The van der Waals surface area contributed by atoms with Crippen LogP contribution in [0.4, 0.5) is 0 Å². The Morgan fingerprint density at radius 1 is 1.52 bits per heavy atom. The number of H-pyrrole nitrogens is 1. The van der Waals surface area contributed by atoms with Gasteiger partial charge in [-0.05, 0) is 25.8 Å². The molecule has 0 radical (unpaired) electrons. The molecule has 2 aliphatic heterocycles. The van der Waals surface area contributed by atoms with Gasteiger partial charge in [0, 0.05) is 59.7 Å². The molecule has 2 saturated heterocycles. The zero-order valence-corrected chi connectivity index (χ0v) is 10.3. The number of para-hydroxylation sites is 1. The Morgan fingerprint density at radius 2 is 2.33 bits per heavy atom. The van der Waals surface area contributed by atoms with Crippen LogP contribution >= 0.6 is 0 Å². The molecule has 1 N–H and O–H groups in total. The number of ether oxygens (including phenoxy) is 1. The molecular formula is C17H20N2O2. The minimum absolute atomic E-state index is 0.193. The maximum Gasteiger partial charge on any atom is 0.340 e. The molecule has 0 amide bonds. The smallest absolute Gasteiger partial charge is 0.340 e. The summed E-state index contributed by atoms with van der Waals surface area (Å²) in [6.07, 6.45) is -21.4. The van der Waals surface area contributed by atoms with E-state index in [4.69, 9.17) is 29.4 Å². The summed E-state index contributed by atoms with van der Waals surface area (Å²) < 4.78 is 153. The van der Waals surface area contributed by atoms with Gasteiger partial charge in [0.2, 0.25) is 0 Å². The number of nitrogens with zero attached hydrogens (tertiary/aromatic N) is 1. The maximum absolute atomic E-state index is 13.3. The van der Waals surface area contributed by atoms with Gasteiger partial charge >= 0.3 is 5.97 Å². The summed E-state index contributed by atoms with van der Waals surface area (Å²) in [5.41, 5.74) is -1.11. The molecular weight excluding hydrogens is 264 g/mol. The van der Waals surface area contributed by atoms with Crippen LogP contribution in [0.5, 0.6) is 0 Å². The molecule has 1 aromatic carbocycles. The van der Waals surface area contributed by atoms with E-state index in [0.717, 1.165) is 6.07 Å². The SMILES string of the molecule is [2H]c1cc2[nH]c([2H])c(C(=O)OC3([2H])C([2H])([2H])[C@]4([2H])N(C([2H])([2H])[2H])[C@]([2H])(C3([2H])[2H])C([2H])([2H])C4([2H])[2H])c2c([2H])c1[2H]. The number of aromatic nitrogens is 1. The summed E-state index contributed by atoms with van der Waals surface area (Å²) in [4.78, 5) is 15.1. The van der Waals surface area contributed by atoms with E-state index in [9.17, 15) is 4.79 Å². The molecule has 1 aromatic heterocycles. The lowest BCUT2D eigenvalue weighted by atomic mass is 10.0. The maximum atomic E-state index is 13.3. The van der Waals surface area contributed by atoms with Crippen LogP contribution in [0.3, 0.4) is 0 Å². The van der Waals surface area contributed by atoms with Crippen molar-refractivity contribution in [1.82, 2.24) is 9.88 Å². The first-order valence-corrected chi connectivity index (χ1v) is 5.86. The summed E-state index contributed by atoms with van der Waals surface area (Å²) in [6, 6.07) is -9.05. The highest BCUT2D eigenvalue weighted by Crippen LogP contribution is 2.35. The fraction of sp³-hybridized carbons (Fsp3) is 0.471. The molecule has 0 saturated carbocycles. The van der Waals surface area contributed by atoms with Crippen molar-refractivity contribution in [2.24, 2.45) is 0 Å². The van der Waals surface area contributed by atoms with E-state index in [1.165, 1.54) is 0 Å². The van der Waals surface area contributed by atoms with Gasteiger partial charge in [0.25, 0.3) is 0 Å². The number of piperidine rings is 1. The number of esters is 1. The van der Waals surface area contributed by atoms with Gasteiger partial charge in [0.1, 0.15) is 6.08 Å². The van der Waals surface area contributed by atoms with Gasteiger partial charge in [-0.2, -0.15) is 0 Å². The number of aromatic amines is 1. The van der Waals surface area contributed by atoms with Gasteiger partial charge in [-0.1, -0.05) is 18.1 Å².